The van der Waals surface area contributed by atoms with Crippen molar-refractivity contribution in [3.05, 3.63) is 11.8 Å². The highest BCUT2D eigenvalue weighted by Gasteiger charge is 2.19. The second-order valence-corrected chi connectivity index (χ2v) is 4.90. The summed E-state index contributed by atoms with van der Waals surface area (Å²) in [5.41, 5.74) is 2.02. The van der Waals surface area contributed by atoms with Crippen molar-refractivity contribution < 1.29 is 0 Å². The van der Waals surface area contributed by atoms with Crippen LogP contribution in [0.15, 0.2) is 6.07 Å². The first-order valence-electron chi connectivity index (χ1n) is 6.28. The van der Waals surface area contributed by atoms with Gasteiger partial charge in [-0.05, 0) is 31.5 Å². The van der Waals surface area contributed by atoms with Crippen molar-refractivity contribution in [3.63, 3.8) is 0 Å². The number of tetrazole rings is 1. The minimum atomic E-state index is 0.556. The molecule has 2 aromatic rings. The number of rotatable bonds is 2. The van der Waals surface area contributed by atoms with E-state index in [9.17, 15) is 0 Å². The molecular formula is C11H17N7. The van der Waals surface area contributed by atoms with E-state index in [4.69, 9.17) is 0 Å². The molecule has 1 aliphatic rings. The lowest BCUT2D eigenvalue weighted by atomic mass is 10.2. The number of aryl methyl sites for hydroxylation is 1. The predicted octanol–water partition coefficient (Wildman–Crippen LogP) is 0.677. The average Bonchev–Trinajstić information content (AvgIpc) is 2.94. The normalized spacial score (nSPS) is 16.8. The summed E-state index contributed by atoms with van der Waals surface area (Å²) in [5, 5.41) is 18.5. The zero-order valence-electron chi connectivity index (χ0n) is 10.7. The topological polar surface area (TPSA) is 75.5 Å². The van der Waals surface area contributed by atoms with Crippen LogP contribution in [0.4, 0.5) is 0 Å². The van der Waals surface area contributed by atoms with E-state index in [1.54, 1.807) is 0 Å². The van der Waals surface area contributed by atoms with E-state index < -0.39 is 0 Å². The van der Waals surface area contributed by atoms with Crippen LogP contribution < -0.4 is 0 Å². The highest BCUT2D eigenvalue weighted by atomic mass is 15.5. The molecule has 3 rings (SSSR count). The molecule has 0 radical (unpaired) electrons. The van der Waals surface area contributed by atoms with Gasteiger partial charge in [-0.15, -0.1) is 10.2 Å². The zero-order chi connectivity index (χ0) is 12.5. The van der Waals surface area contributed by atoms with E-state index >= 15 is 0 Å². The Morgan fingerprint density at radius 2 is 2.22 bits per heavy atom. The lowest BCUT2D eigenvalue weighted by Crippen LogP contribution is -2.30. The molecule has 0 bridgehead atoms. The van der Waals surface area contributed by atoms with Crippen molar-refractivity contribution in [2.75, 3.05) is 6.54 Å². The summed E-state index contributed by atoms with van der Waals surface area (Å²) in [7, 11) is 0. The summed E-state index contributed by atoms with van der Waals surface area (Å²) < 4.78 is 2.06. The molecule has 0 amide bonds. The van der Waals surface area contributed by atoms with E-state index in [1.165, 1.54) is 5.69 Å². The maximum atomic E-state index is 4.55. The van der Waals surface area contributed by atoms with E-state index in [2.05, 4.69) is 55.2 Å². The quantitative estimate of drug-likeness (QED) is 0.844. The van der Waals surface area contributed by atoms with Gasteiger partial charge in [0.25, 0.3) is 0 Å². The van der Waals surface area contributed by atoms with Crippen LogP contribution in [0.5, 0.6) is 0 Å². The van der Waals surface area contributed by atoms with Crippen LogP contribution in [0, 0.1) is 0 Å². The first-order valence-corrected chi connectivity index (χ1v) is 6.28. The number of hydrogen-bond donors (Lipinski definition) is 1. The lowest BCUT2D eigenvalue weighted by molar-refractivity contribution is 0.216. The Morgan fingerprint density at radius 1 is 1.33 bits per heavy atom. The molecule has 3 heterocycles. The first kappa shape index (κ1) is 11.3. The molecule has 0 aromatic carbocycles. The Labute approximate surface area is 105 Å². The van der Waals surface area contributed by atoms with Gasteiger partial charge in [-0.1, -0.05) is 0 Å². The maximum Gasteiger partial charge on any atom is 0.224 e. The summed E-state index contributed by atoms with van der Waals surface area (Å²) in [5.74, 6) is 0.562. The molecule has 0 aliphatic carbocycles. The molecule has 7 heteroatoms. The Morgan fingerprint density at radius 3 is 2.94 bits per heavy atom. The van der Waals surface area contributed by atoms with Gasteiger partial charge in [0.15, 0.2) is 0 Å². The fraction of sp³-hybridized carbons (Fsp3) is 0.636. The Balaban J connectivity index is 1.90. The zero-order valence-corrected chi connectivity index (χ0v) is 10.7. The van der Waals surface area contributed by atoms with Crippen molar-refractivity contribution in [1.29, 1.82) is 0 Å². The number of H-pyrrole nitrogens is 1. The molecule has 7 nitrogen and oxygen atoms in total. The number of aromatic amines is 1. The van der Waals surface area contributed by atoms with Crippen LogP contribution >= 0.6 is 0 Å². The van der Waals surface area contributed by atoms with Crippen LogP contribution in [0.2, 0.25) is 0 Å². The molecule has 0 fully saturated rings. The molecule has 0 saturated heterocycles. The van der Waals surface area contributed by atoms with E-state index in [0.717, 1.165) is 31.7 Å². The number of nitrogens with one attached hydrogen (secondary N) is 1. The second kappa shape index (κ2) is 4.49. The van der Waals surface area contributed by atoms with Crippen LogP contribution in [-0.4, -0.2) is 47.9 Å². The minimum Gasteiger partial charge on any atom is -0.295 e. The van der Waals surface area contributed by atoms with Crippen LogP contribution in [0.25, 0.3) is 11.5 Å². The Bertz CT molecular complexity index is 513. The minimum absolute atomic E-state index is 0.556. The van der Waals surface area contributed by atoms with Gasteiger partial charge in [-0.25, -0.2) is 0 Å². The molecule has 0 unspecified atom stereocenters. The molecule has 1 N–H and O–H groups in total. The predicted molar refractivity (Wildman–Crippen MR) is 65.6 cm³/mol. The third-order valence-corrected chi connectivity index (χ3v) is 3.35. The molecule has 2 aromatic heterocycles. The maximum absolute atomic E-state index is 4.55. The number of hydrogen-bond acceptors (Lipinski definition) is 5. The van der Waals surface area contributed by atoms with Gasteiger partial charge >= 0.3 is 0 Å². The molecule has 18 heavy (non-hydrogen) atoms. The van der Waals surface area contributed by atoms with Gasteiger partial charge in [0, 0.05) is 25.7 Å². The third-order valence-electron chi connectivity index (χ3n) is 3.35. The summed E-state index contributed by atoms with van der Waals surface area (Å²) in [6.07, 6.45) is 1.12. The molecule has 0 atom stereocenters. The standard InChI is InChI=1S/C11H17N7/c1-8(2)17-4-3-5-18-9(7-17)6-10(14-18)11-12-15-16-13-11/h6,8H,3-5,7H2,1-2H3,(H,12,13,15,16). The molecule has 96 valence electrons. The average molecular weight is 247 g/mol. The summed E-state index contributed by atoms with van der Waals surface area (Å²) in [4.78, 5) is 2.46. The molecule has 0 saturated carbocycles. The van der Waals surface area contributed by atoms with Crippen molar-refractivity contribution in [3.8, 4) is 11.5 Å². The molecule has 0 spiro atoms. The van der Waals surface area contributed by atoms with Crippen LogP contribution in [-0.2, 0) is 13.1 Å². The van der Waals surface area contributed by atoms with Crippen LogP contribution in [0.3, 0.4) is 0 Å². The number of aromatic nitrogens is 6. The van der Waals surface area contributed by atoms with Crippen LogP contribution in [0.1, 0.15) is 26.0 Å². The highest BCUT2D eigenvalue weighted by Crippen LogP contribution is 2.19. The fourth-order valence-corrected chi connectivity index (χ4v) is 2.31. The van der Waals surface area contributed by atoms with Gasteiger partial charge in [-0.2, -0.15) is 10.3 Å². The molecule has 1 aliphatic heterocycles. The SMILES string of the molecule is CC(C)N1CCCn2nc(-c3nn[nH]n3)cc2C1. The second-order valence-electron chi connectivity index (χ2n) is 4.90. The molecular weight excluding hydrogens is 230 g/mol. The number of fused-ring (bicyclic) bond motifs is 1. The van der Waals surface area contributed by atoms with E-state index in [1.807, 2.05) is 0 Å². The van der Waals surface area contributed by atoms with E-state index in [-0.39, 0.29) is 0 Å². The smallest absolute Gasteiger partial charge is 0.224 e. The van der Waals surface area contributed by atoms with Gasteiger partial charge in [0.05, 0.1) is 5.69 Å². The monoisotopic (exact) mass is 247 g/mol. The van der Waals surface area contributed by atoms with Crippen molar-refractivity contribution in [1.82, 2.24) is 35.3 Å². The highest BCUT2D eigenvalue weighted by molar-refractivity contribution is 5.47. The van der Waals surface area contributed by atoms with Gasteiger partial charge in [-0.3, -0.25) is 9.58 Å². The van der Waals surface area contributed by atoms with E-state index in [0.29, 0.717) is 11.9 Å². The summed E-state index contributed by atoms with van der Waals surface area (Å²) in [6.45, 7) is 7.47. The van der Waals surface area contributed by atoms with Gasteiger partial charge in [0.2, 0.25) is 5.82 Å². The Hall–Kier alpha value is -1.76. The first-order chi connectivity index (χ1) is 8.74. The van der Waals surface area contributed by atoms with Crippen molar-refractivity contribution in [2.24, 2.45) is 0 Å². The summed E-state index contributed by atoms with van der Waals surface area (Å²) in [6, 6.07) is 2.62. The Kier molecular flexibility index (Phi) is 2.83. The fourth-order valence-electron chi connectivity index (χ4n) is 2.31. The summed E-state index contributed by atoms with van der Waals surface area (Å²) >= 11 is 0. The number of nitrogens with zero attached hydrogens (tertiary/aromatic N) is 6. The third kappa shape index (κ3) is 2.01. The van der Waals surface area contributed by atoms with Crippen molar-refractivity contribution in [2.45, 2.75) is 39.4 Å². The van der Waals surface area contributed by atoms with Gasteiger partial charge in [0.1, 0.15) is 5.69 Å². The van der Waals surface area contributed by atoms with Crippen molar-refractivity contribution >= 4 is 0 Å². The van der Waals surface area contributed by atoms with Gasteiger partial charge < -0.3 is 0 Å². The lowest BCUT2D eigenvalue weighted by Gasteiger charge is -2.23. The largest absolute Gasteiger partial charge is 0.295 e.